The van der Waals surface area contributed by atoms with Gasteiger partial charge in [0.1, 0.15) is 25.3 Å². The van der Waals surface area contributed by atoms with Crippen molar-refractivity contribution in [3.63, 3.8) is 0 Å². The molecule has 0 saturated carbocycles. The number of aromatic nitrogens is 1. The Labute approximate surface area is 215 Å². The standard InChI is InChI=1S/C32H32N3O2/c1-19-9-5-6-11-22(19)27-25-17-20-10-7-15-35-16-8-12-24(29(20)35)30(25)37-31-23-14-13-21(33(2)3)18-26(23)34(4)32(36)28(27)31/h5-6,9,11,13-14,17-18H,7-8,10,12,15-16H2,1-4H3/q+1. The molecule has 0 atom stereocenters. The first-order valence-corrected chi connectivity index (χ1v) is 13.3. The summed E-state index contributed by atoms with van der Waals surface area (Å²) in [7, 11) is 5.92. The lowest BCUT2D eigenvalue weighted by Crippen LogP contribution is -2.34. The smallest absolute Gasteiger partial charge is 0.262 e. The Morgan fingerprint density at radius 1 is 0.919 bits per heavy atom. The van der Waals surface area contributed by atoms with Crippen molar-refractivity contribution in [2.75, 3.05) is 32.1 Å². The number of nitrogens with zero attached hydrogens (tertiary/aromatic N) is 3. The molecule has 0 amide bonds. The van der Waals surface area contributed by atoms with E-state index in [1.165, 1.54) is 23.2 Å². The number of hydrogen-bond acceptors (Lipinski definition) is 3. The van der Waals surface area contributed by atoms with Gasteiger partial charge < -0.3 is 13.9 Å². The zero-order valence-corrected chi connectivity index (χ0v) is 22.0. The highest BCUT2D eigenvalue weighted by Crippen LogP contribution is 2.45. The molecule has 5 heteroatoms. The van der Waals surface area contributed by atoms with Crippen LogP contribution in [-0.2, 0) is 19.9 Å². The summed E-state index contributed by atoms with van der Waals surface area (Å²) in [6.07, 6.45) is 4.38. The fraction of sp³-hybridized carbons (Fsp3) is 0.312. The third-order valence-corrected chi connectivity index (χ3v) is 8.46. The molecule has 2 aliphatic heterocycles. The Hall–Kier alpha value is -3.86. The molecule has 5 aromatic rings. The molecule has 0 saturated heterocycles. The summed E-state index contributed by atoms with van der Waals surface area (Å²) in [5, 5.41) is 3.77. The maximum absolute atomic E-state index is 14.2. The molecule has 0 fully saturated rings. The van der Waals surface area contributed by atoms with E-state index in [0.717, 1.165) is 76.3 Å². The molecule has 0 bridgehead atoms. The van der Waals surface area contributed by atoms with Crippen molar-refractivity contribution in [2.45, 2.75) is 32.6 Å². The van der Waals surface area contributed by atoms with E-state index >= 15 is 0 Å². The molecule has 186 valence electrons. The first kappa shape index (κ1) is 22.3. The average molecular weight is 491 g/mol. The summed E-state index contributed by atoms with van der Waals surface area (Å²) >= 11 is 0. The van der Waals surface area contributed by atoms with Crippen molar-refractivity contribution in [1.29, 1.82) is 0 Å². The quantitative estimate of drug-likeness (QED) is 0.186. The van der Waals surface area contributed by atoms with Crippen molar-refractivity contribution in [1.82, 2.24) is 9.14 Å². The summed E-state index contributed by atoms with van der Waals surface area (Å²) in [6.45, 7) is 4.36. The van der Waals surface area contributed by atoms with E-state index in [1.807, 2.05) is 21.1 Å². The van der Waals surface area contributed by atoms with Crippen LogP contribution in [0.5, 0.6) is 0 Å². The van der Waals surface area contributed by atoms with Crippen LogP contribution >= 0.6 is 0 Å². The molecule has 7 rings (SSSR count). The Morgan fingerprint density at radius 3 is 2.49 bits per heavy atom. The SMILES string of the molecule is Cc1ccccc1-c1c2cc3c4c(c2oc2c1c(=O)n(C)c1cc(=[N+](C)C)ccc21)CCCN4CCC3. The first-order valence-electron chi connectivity index (χ1n) is 13.3. The van der Waals surface area contributed by atoms with Crippen molar-refractivity contribution < 1.29 is 4.42 Å². The highest BCUT2D eigenvalue weighted by atomic mass is 16.3. The van der Waals surface area contributed by atoms with Crippen LogP contribution in [0.1, 0.15) is 29.5 Å². The van der Waals surface area contributed by atoms with Gasteiger partial charge in [-0.3, -0.25) is 4.79 Å². The second-order valence-electron chi connectivity index (χ2n) is 10.9. The van der Waals surface area contributed by atoms with E-state index in [1.54, 1.807) is 4.57 Å². The lowest BCUT2D eigenvalue weighted by atomic mass is 9.86. The van der Waals surface area contributed by atoms with Crippen LogP contribution in [0.4, 0.5) is 5.69 Å². The molecule has 0 radical (unpaired) electrons. The first-order chi connectivity index (χ1) is 17.9. The number of pyridine rings is 1. The number of aryl methyl sites for hydroxylation is 4. The van der Waals surface area contributed by atoms with Crippen molar-refractivity contribution >= 4 is 38.5 Å². The molecule has 2 aliphatic rings. The lowest BCUT2D eigenvalue weighted by molar-refractivity contribution is 0.615. The van der Waals surface area contributed by atoms with Gasteiger partial charge in [0, 0.05) is 59.9 Å². The maximum atomic E-state index is 14.2. The summed E-state index contributed by atoms with van der Waals surface area (Å²) in [5.74, 6) is 0. The fourth-order valence-corrected chi connectivity index (χ4v) is 6.61. The Morgan fingerprint density at radius 2 is 1.70 bits per heavy atom. The molecular formula is C32H32N3O2+. The fourth-order valence-electron chi connectivity index (χ4n) is 6.61. The summed E-state index contributed by atoms with van der Waals surface area (Å²) in [6, 6.07) is 17.1. The minimum atomic E-state index is -0.0182. The topological polar surface area (TPSA) is 41.4 Å². The highest BCUT2D eigenvalue weighted by Gasteiger charge is 2.29. The van der Waals surface area contributed by atoms with Crippen molar-refractivity contribution in [3.8, 4) is 11.1 Å². The van der Waals surface area contributed by atoms with Crippen molar-refractivity contribution in [3.05, 3.63) is 80.9 Å². The van der Waals surface area contributed by atoms with E-state index in [0.29, 0.717) is 11.0 Å². The van der Waals surface area contributed by atoms with Gasteiger partial charge in [0.15, 0.2) is 0 Å². The molecule has 4 heterocycles. The zero-order valence-electron chi connectivity index (χ0n) is 22.0. The maximum Gasteiger partial charge on any atom is 0.262 e. The minimum Gasteiger partial charge on any atom is -0.455 e. The normalized spacial score (nSPS) is 15.0. The predicted molar refractivity (Wildman–Crippen MR) is 153 cm³/mol. The van der Waals surface area contributed by atoms with Crippen LogP contribution in [0.2, 0.25) is 0 Å². The Balaban J connectivity index is 1.76. The Kier molecular flexibility index (Phi) is 4.87. The molecule has 0 unspecified atom stereocenters. The van der Waals surface area contributed by atoms with Crippen LogP contribution in [0.3, 0.4) is 0 Å². The largest absolute Gasteiger partial charge is 0.455 e. The molecular weight excluding hydrogens is 458 g/mol. The molecule has 3 aromatic carbocycles. The van der Waals surface area contributed by atoms with E-state index in [4.69, 9.17) is 4.42 Å². The number of anilines is 1. The molecule has 5 nitrogen and oxygen atoms in total. The monoisotopic (exact) mass is 490 g/mol. The Bertz CT molecular complexity index is 1900. The number of rotatable bonds is 1. The van der Waals surface area contributed by atoms with Gasteiger partial charge in [-0.25, -0.2) is 4.58 Å². The average Bonchev–Trinajstić information content (AvgIpc) is 2.91. The molecule has 0 N–H and O–H groups in total. The van der Waals surface area contributed by atoms with E-state index < -0.39 is 0 Å². The van der Waals surface area contributed by atoms with Crippen LogP contribution in [-0.4, -0.2) is 31.8 Å². The van der Waals surface area contributed by atoms with Crippen LogP contribution < -0.4 is 20.4 Å². The number of fused-ring (bicyclic) bond motifs is 5. The highest BCUT2D eigenvalue weighted by molar-refractivity contribution is 6.15. The second kappa shape index (κ2) is 8.07. The lowest BCUT2D eigenvalue weighted by Gasteiger charge is -2.37. The molecule has 37 heavy (non-hydrogen) atoms. The minimum absolute atomic E-state index is 0.0182. The third-order valence-electron chi connectivity index (χ3n) is 8.46. The summed E-state index contributed by atoms with van der Waals surface area (Å²) in [5.41, 5.74) is 9.87. The summed E-state index contributed by atoms with van der Waals surface area (Å²) in [4.78, 5) is 16.7. The van der Waals surface area contributed by atoms with Gasteiger partial charge in [-0.15, -0.1) is 0 Å². The van der Waals surface area contributed by atoms with E-state index in [9.17, 15) is 4.79 Å². The van der Waals surface area contributed by atoms with Crippen LogP contribution in [0.15, 0.2) is 57.7 Å². The third kappa shape index (κ3) is 3.16. The molecule has 2 aromatic heterocycles. The van der Waals surface area contributed by atoms with E-state index in [-0.39, 0.29) is 5.56 Å². The van der Waals surface area contributed by atoms with Crippen LogP contribution in [0.25, 0.3) is 44.0 Å². The number of hydrogen-bond donors (Lipinski definition) is 0. The van der Waals surface area contributed by atoms with Gasteiger partial charge >= 0.3 is 0 Å². The van der Waals surface area contributed by atoms with Gasteiger partial charge in [0.05, 0.1) is 10.9 Å². The van der Waals surface area contributed by atoms with Gasteiger partial charge in [-0.2, -0.15) is 0 Å². The molecule has 0 aliphatic carbocycles. The predicted octanol–water partition coefficient (Wildman–Crippen LogP) is 5.14. The zero-order chi connectivity index (χ0) is 25.4. The van der Waals surface area contributed by atoms with Gasteiger partial charge in [-0.1, -0.05) is 24.3 Å². The van der Waals surface area contributed by atoms with Crippen molar-refractivity contribution in [2.24, 2.45) is 7.05 Å². The molecule has 0 spiro atoms. The van der Waals surface area contributed by atoms with Gasteiger partial charge in [-0.05, 0) is 61.4 Å². The van der Waals surface area contributed by atoms with Gasteiger partial charge in [0.25, 0.3) is 5.56 Å². The van der Waals surface area contributed by atoms with E-state index in [2.05, 4.69) is 64.9 Å². The van der Waals surface area contributed by atoms with Crippen LogP contribution in [0, 0.1) is 6.92 Å². The second-order valence-corrected chi connectivity index (χ2v) is 10.9. The number of benzene rings is 3. The van der Waals surface area contributed by atoms with Gasteiger partial charge in [0.2, 0.25) is 5.36 Å². The summed E-state index contributed by atoms with van der Waals surface area (Å²) < 4.78 is 10.8.